The molecule has 0 aliphatic heterocycles. The van der Waals surface area contributed by atoms with Crippen LogP contribution in [0.4, 0.5) is 5.69 Å². The van der Waals surface area contributed by atoms with Gasteiger partial charge in [-0.3, -0.25) is 13.9 Å². The van der Waals surface area contributed by atoms with Crippen molar-refractivity contribution >= 4 is 55.1 Å². The molecule has 3 aromatic carbocycles. The third-order valence-electron chi connectivity index (χ3n) is 6.18. The van der Waals surface area contributed by atoms with Crippen molar-refractivity contribution in [3.05, 3.63) is 81.8 Å². The molecule has 0 aliphatic carbocycles. The van der Waals surface area contributed by atoms with Crippen LogP contribution in [0.15, 0.2) is 76.1 Å². The molecule has 12 heteroatoms. The predicted molar refractivity (Wildman–Crippen MR) is 163 cm³/mol. The number of halogens is 2. The lowest BCUT2D eigenvalue weighted by atomic mass is 10.1. The maximum absolute atomic E-state index is 14.0. The van der Waals surface area contributed by atoms with Crippen molar-refractivity contribution < 1.29 is 27.5 Å². The summed E-state index contributed by atoms with van der Waals surface area (Å²) in [5, 5.41) is 3.23. The standard InChI is InChI=1S/C29H33BrClN3O6S/c1-19(2)32-29(36)20(3)33(17-21-7-6-8-22(30)15-21)28(35)18-34(24-11-9-23(31)10-12-24)41(37,38)25-13-14-26(39-4)27(16-25)40-5/h6-16,19-20H,17-18H2,1-5H3,(H,32,36)/t20-/m0/s1. The SMILES string of the molecule is COc1ccc(S(=O)(=O)N(CC(=O)N(Cc2cccc(Br)c2)[C@@H](C)C(=O)NC(C)C)c2ccc(Cl)cc2)cc1OC. The molecule has 3 rings (SSSR count). The molecule has 0 saturated carbocycles. The van der Waals surface area contributed by atoms with E-state index < -0.39 is 28.5 Å². The third kappa shape index (κ3) is 8.15. The maximum atomic E-state index is 14.0. The summed E-state index contributed by atoms with van der Waals surface area (Å²) in [6.07, 6.45) is 0. The zero-order valence-electron chi connectivity index (χ0n) is 23.4. The number of anilines is 1. The Labute approximate surface area is 254 Å². The Morgan fingerprint density at radius 3 is 2.20 bits per heavy atom. The van der Waals surface area contributed by atoms with Gasteiger partial charge in [-0.25, -0.2) is 8.42 Å². The number of nitrogens with one attached hydrogen (secondary N) is 1. The fourth-order valence-electron chi connectivity index (χ4n) is 4.06. The molecule has 0 bridgehead atoms. The van der Waals surface area contributed by atoms with Gasteiger partial charge in [0.1, 0.15) is 12.6 Å². The van der Waals surface area contributed by atoms with Gasteiger partial charge in [0.05, 0.1) is 24.8 Å². The topological polar surface area (TPSA) is 105 Å². The third-order valence-corrected chi connectivity index (χ3v) is 8.69. The van der Waals surface area contributed by atoms with E-state index >= 15 is 0 Å². The van der Waals surface area contributed by atoms with Crippen LogP contribution in [0.25, 0.3) is 0 Å². The van der Waals surface area contributed by atoms with E-state index in [2.05, 4.69) is 21.2 Å². The summed E-state index contributed by atoms with van der Waals surface area (Å²) in [7, 11) is -1.45. The van der Waals surface area contributed by atoms with Crippen molar-refractivity contribution in [3.63, 3.8) is 0 Å². The Morgan fingerprint density at radius 2 is 1.61 bits per heavy atom. The van der Waals surface area contributed by atoms with Gasteiger partial charge in [0.15, 0.2) is 11.5 Å². The van der Waals surface area contributed by atoms with E-state index in [1.165, 1.54) is 61.6 Å². The lowest BCUT2D eigenvalue weighted by molar-refractivity contribution is -0.139. The minimum Gasteiger partial charge on any atom is -0.493 e. The van der Waals surface area contributed by atoms with E-state index in [9.17, 15) is 18.0 Å². The summed E-state index contributed by atoms with van der Waals surface area (Å²) in [6.45, 7) is 4.76. The molecule has 0 heterocycles. The largest absolute Gasteiger partial charge is 0.493 e. The molecule has 0 unspecified atom stereocenters. The van der Waals surface area contributed by atoms with Crippen LogP contribution in [-0.4, -0.2) is 58.0 Å². The van der Waals surface area contributed by atoms with Gasteiger partial charge in [-0.2, -0.15) is 0 Å². The smallest absolute Gasteiger partial charge is 0.264 e. The summed E-state index contributed by atoms with van der Waals surface area (Å²) < 4.78 is 40.4. The second kappa shape index (κ2) is 14.1. The van der Waals surface area contributed by atoms with Crippen LogP contribution in [0.1, 0.15) is 26.3 Å². The van der Waals surface area contributed by atoms with Gasteiger partial charge in [-0.05, 0) is 74.9 Å². The minimum absolute atomic E-state index is 0.0792. The summed E-state index contributed by atoms with van der Waals surface area (Å²) in [5.41, 5.74) is 0.983. The van der Waals surface area contributed by atoms with Gasteiger partial charge in [0, 0.05) is 28.1 Å². The number of hydrogen-bond acceptors (Lipinski definition) is 6. The predicted octanol–water partition coefficient (Wildman–Crippen LogP) is 5.26. The summed E-state index contributed by atoms with van der Waals surface area (Å²) in [6, 6.07) is 16.6. The molecule has 41 heavy (non-hydrogen) atoms. The molecule has 1 N–H and O–H groups in total. The van der Waals surface area contributed by atoms with Crippen molar-refractivity contribution in [1.29, 1.82) is 0 Å². The quantitative estimate of drug-likeness (QED) is 0.283. The van der Waals surface area contributed by atoms with E-state index in [-0.39, 0.29) is 34.8 Å². The molecule has 2 amide bonds. The highest BCUT2D eigenvalue weighted by Crippen LogP contribution is 2.32. The Hall–Kier alpha value is -3.28. The lowest BCUT2D eigenvalue weighted by Gasteiger charge is -2.32. The zero-order chi connectivity index (χ0) is 30.3. The van der Waals surface area contributed by atoms with E-state index in [1.54, 1.807) is 6.92 Å². The van der Waals surface area contributed by atoms with Gasteiger partial charge in [-0.1, -0.05) is 39.7 Å². The van der Waals surface area contributed by atoms with Crippen LogP contribution in [0.3, 0.4) is 0 Å². The molecule has 0 spiro atoms. The van der Waals surface area contributed by atoms with E-state index in [4.69, 9.17) is 21.1 Å². The first-order valence-corrected chi connectivity index (χ1v) is 15.3. The average molecular weight is 667 g/mol. The molecule has 220 valence electrons. The molecular weight excluding hydrogens is 634 g/mol. The molecule has 0 aromatic heterocycles. The number of carbonyl (C=O) groups is 2. The van der Waals surface area contributed by atoms with Crippen molar-refractivity contribution in [2.75, 3.05) is 25.1 Å². The van der Waals surface area contributed by atoms with Crippen molar-refractivity contribution in [1.82, 2.24) is 10.2 Å². The van der Waals surface area contributed by atoms with Crippen LogP contribution < -0.4 is 19.1 Å². The van der Waals surface area contributed by atoms with Gasteiger partial charge in [0.2, 0.25) is 11.8 Å². The highest BCUT2D eigenvalue weighted by Gasteiger charge is 2.33. The van der Waals surface area contributed by atoms with Crippen molar-refractivity contribution in [2.24, 2.45) is 0 Å². The first kappa shape index (κ1) is 32.2. The van der Waals surface area contributed by atoms with Gasteiger partial charge < -0.3 is 19.7 Å². The van der Waals surface area contributed by atoms with Crippen molar-refractivity contribution in [2.45, 2.75) is 44.3 Å². The highest BCUT2D eigenvalue weighted by molar-refractivity contribution is 9.10. The monoisotopic (exact) mass is 665 g/mol. The van der Waals surface area contributed by atoms with E-state index in [1.807, 2.05) is 38.1 Å². The minimum atomic E-state index is -4.30. The first-order chi connectivity index (χ1) is 19.4. The van der Waals surface area contributed by atoms with E-state index in [0.717, 1.165) is 14.3 Å². The number of rotatable bonds is 12. The number of nitrogens with zero attached hydrogens (tertiary/aromatic N) is 2. The summed E-state index contributed by atoms with van der Waals surface area (Å²) >= 11 is 9.51. The van der Waals surface area contributed by atoms with Crippen molar-refractivity contribution in [3.8, 4) is 11.5 Å². The summed E-state index contributed by atoms with van der Waals surface area (Å²) in [4.78, 5) is 28.2. The highest BCUT2D eigenvalue weighted by atomic mass is 79.9. The zero-order valence-corrected chi connectivity index (χ0v) is 26.6. The number of methoxy groups -OCH3 is 2. The number of amides is 2. The molecular formula is C29H33BrClN3O6S. The van der Waals surface area contributed by atoms with Crippen LogP contribution in [-0.2, 0) is 26.2 Å². The molecule has 0 aliphatic rings. The number of benzene rings is 3. The maximum Gasteiger partial charge on any atom is 0.264 e. The number of sulfonamides is 1. The number of carbonyl (C=O) groups excluding carboxylic acids is 2. The fourth-order valence-corrected chi connectivity index (χ4v) is 6.06. The molecule has 3 aromatic rings. The molecule has 0 fully saturated rings. The molecule has 0 radical (unpaired) electrons. The Morgan fingerprint density at radius 1 is 0.951 bits per heavy atom. The van der Waals surface area contributed by atoms with Crippen LogP contribution in [0, 0.1) is 0 Å². The van der Waals surface area contributed by atoms with Crippen LogP contribution in [0.5, 0.6) is 11.5 Å². The summed E-state index contributed by atoms with van der Waals surface area (Å²) in [5.74, 6) is -0.364. The average Bonchev–Trinajstić information content (AvgIpc) is 2.93. The number of hydrogen-bond donors (Lipinski definition) is 1. The van der Waals surface area contributed by atoms with E-state index in [0.29, 0.717) is 10.8 Å². The fraction of sp³-hybridized carbons (Fsp3) is 0.310. The normalized spacial score (nSPS) is 12.0. The Balaban J connectivity index is 2.07. The van der Waals surface area contributed by atoms with Gasteiger partial charge >= 0.3 is 0 Å². The first-order valence-electron chi connectivity index (χ1n) is 12.7. The second-order valence-corrected chi connectivity index (χ2v) is 12.7. The second-order valence-electron chi connectivity index (χ2n) is 9.50. The van der Waals surface area contributed by atoms with Crippen LogP contribution >= 0.6 is 27.5 Å². The number of ether oxygens (including phenoxy) is 2. The van der Waals surface area contributed by atoms with Crippen LogP contribution in [0.2, 0.25) is 5.02 Å². The Kier molecular flexibility index (Phi) is 11.1. The Bertz CT molecular complexity index is 1480. The molecule has 0 saturated heterocycles. The lowest BCUT2D eigenvalue weighted by Crippen LogP contribution is -2.52. The van der Waals surface area contributed by atoms with Gasteiger partial charge in [-0.15, -0.1) is 0 Å². The molecule has 9 nitrogen and oxygen atoms in total. The van der Waals surface area contributed by atoms with Gasteiger partial charge in [0.25, 0.3) is 10.0 Å². The molecule has 1 atom stereocenters.